The molecule has 3 N–H and O–H groups in total. The van der Waals surface area contributed by atoms with Crippen molar-refractivity contribution >= 4 is 50.2 Å². The molecule has 5 fully saturated rings. The monoisotopic (exact) mass is 854 g/mol. The van der Waals surface area contributed by atoms with E-state index in [-0.39, 0.29) is 69.0 Å². The van der Waals surface area contributed by atoms with Crippen LogP contribution in [0, 0.1) is 44.8 Å². The van der Waals surface area contributed by atoms with Crippen LogP contribution in [-0.4, -0.2) is 76.2 Å². The van der Waals surface area contributed by atoms with Gasteiger partial charge in [0.05, 0.1) is 29.2 Å². The van der Waals surface area contributed by atoms with Crippen LogP contribution in [0.2, 0.25) is 0 Å². The van der Waals surface area contributed by atoms with E-state index in [0.717, 1.165) is 51.4 Å². The van der Waals surface area contributed by atoms with Gasteiger partial charge in [0.1, 0.15) is 10.6 Å². The molecule has 2 aromatic heterocycles. The van der Waals surface area contributed by atoms with Crippen LogP contribution in [0.4, 0.5) is 0 Å². The van der Waals surface area contributed by atoms with Gasteiger partial charge in [-0.15, -0.1) is 0 Å². The number of rotatable bonds is 14. The van der Waals surface area contributed by atoms with Gasteiger partial charge < -0.3 is 15.2 Å². The van der Waals surface area contributed by atoms with Crippen molar-refractivity contribution in [2.45, 2.75) is 142 Å². The first-order chi connectivity index (χ1) is 28.8. The molecule has 61 heavy (non-hydrogen) atoms. The number of sulfonamides is 1. The summed E-state index contributed by atoms with van der Waals surface area (Å²) >= 11 is 0. The van der Waals surface area contributed by atoms with E-state index < -0.39 is 50.7 Å². The fourth-order valence-electron chi connectivity index (χ4n) is 12.4. The van der Waals surface area contributed by atoms with Gasteiger partial charge in [0, 0.05) is 54.7 Å². The molecular formula is C47H62N6O7S. The Morgan fingerprint density at radius 2 is 1.70 bits per heavy atom. The molecule has 2 spiro atoms. The fourth-order valence-corrected chi connectivity index (χ4v) is 13.7. The van der Waals surface area contributed by atoms with Crippen LogP contribution < -0.4 is 10.0 Å². The molecule has 3 heterocycles. The quantitative estimate of drug-likeness (QED) is 0.154. The molecule has 328 valence electrons. The number of benzene rings is 1. The highest BCUT2D eigenvalue weighted by Gasteiger charge is 2.85. The molecule has 5 aliphatic rings. The largest absolute Gasteiger partial charge is 0.360 e. The second-order valence-electron chi connectivity index (χ2n) is 20.6. The summed E-state index contributed by atoms with van der Waals surface area (Å²) in [5.41, 5.74) is -1.82. The molecule has 0 radical (unpaired) electrons. The van der Waals surface area contributed by atoms with E-state index in [2.05, 4.69) is 38.8 Å². The molecule has 1 saturated heterocycles. The number of likely N-dealkylation sites (tertiary alicyclic amines) is 1. The lowest BCUT2D eigenvalue weighted by atomic mass is 9.73. The summed E-state index contributed by atoms with van der Waals surface area (Å²) in [7, 11) is -4.29. The van der Waals surface area contributed by atoms with Crippen molar-refractivity contribution in [3.05, 3.63) is 54.7 Å². The minimum absolute atomic E-state index is 0.00477. The van der Waals surface area contributed by atoms with Crippen molar-refractivity contribution < 1.29 is 32.4 Å². The number of H-pyrrole nitrogens is 1. The molecule has 3 aromatic rings. The Bertz CT molecular complexity index is 2340. The van der Waals surface area contributed by atoms with Gasteiger partial charge in [0.25, 0.3) is 15.9 Å². The van der Waals surface area contributed by atoms with E-state index in [0.29, 0.717) is 36.7 Å². The number of nitrogens with zero attached hydrogens (tertiary/aromatic N) is 3. The predicted octanol–water partition coefficient (Wildman–Crippen LogP) is 6.94. The number of carbonyl (C=O) groups is 5. The molecule has 13 nitrogen and oxygen atoms in total. The van der Waals surface area contributed by atoms with E-state index in [1.54, 1.807) is 29.3 Å². The number of hydrogen-bond acceptors (Lipinski definition) is 9. The van der Waals surface area contributed by atoms with E-state index in [1.165, 1.54) is 24.7 Å². The Labute approximate surface area is 359 Å². The van der Waals surface area contributed by atoms with Crippen molar-refractivity contribution in [2.75, 3.05) is 6.54 Å². The average Bonchev–Trinajstić information content (AvgIpc) is 3.72. The van der Waals surface area contributed by atoms with Crippen molar-refractivity contribution in [1.82, 2.24) is 29.9 Å². The van der Waals surface area contributed by atoms with E-state index in [1.807, 2.05) is 27.7 Å². The number of aromatic nitrogens is 3. The first-order valence-corrected chi connectivity index (χ1v) is 23.9. The van der Waals surface area contributed by atoms with Crippen LogP contribution in [0.5, 0.6) is 0 Å². The van der Waals surface area contributed by atoms with Gasteiger partial charge in [0.15, 0.2) is 11.6 Å². The molecule has 4 aliphatic carbocycles. The summed E-state index contributed by atoms with van der Waals surface area (Å²) in [6, 6.07) is 4.98. The smallest absolute Gasteiger partial charge is 0.272 e. The third-order valence-corrected chi connectivity index (χ3v) is 17.9. The Kier molecular flexibility index (Phi) is 10.9. The minimum atomic E-state index is -4.29. The number of Topliss-reactive ketones (excluding diaryl/α,β-unsaturated/α-hetero) is 2. The first-order valence-electron chi connectivity index (χ1n) is 22.4. The Balaban J connectivity index is 1.07. The summed E-state index contributed by atoms with van der Waals surface area (Å²) < 4.78 is 29.9. The molecule has 1 aromatic carbocycles. The SMILES string of the molecule is CC[C@@H]1C[C@]1(CC(=O)[C@@H]1C[C@@]2(CN1C(=O)[C@@H](CC(=O)[C@@H](NC(=O)c1cnccn1)C1CCCCC1)C(C)(C)C)C(C)(C)C21CCC1)C(=O)NS(=O)(=O)c1cccc2cc[nH]c12. The lowest BCUT2D eigenvalue weighted by Gasteiger charge is -2.37. The van der Waals surface area contributed by atoms with Gasteiger partial charge in [-0.05, 0) is 78.7 Å². The molecule has 4 saturated carbocycles. The van der Waals surface area contributed by atoms with Gasteiger partial charge in [-0.25, -0.2) is 18.1 Å². The maximum absolute atomic E-state index is 15.3. The number of aromatic amines is 1. The third kappa shape index (κ3) is 7.12. The normalized spacial score (nSPS) is 27.6. The molecule has 1 aliphatic heterocycles. The molecule has 6 atom stereocenters. The minimum Gasteiger partial charge on any atom is -0.360 e. The van der Waals surface area contributed by atoms with E-state index in [9.17, 15) is 22.8 Å². The van der Waals surface area contributed by atoms with Gasteiger partial charge in [-0.3, -0.25) is 29.0 Å². The van der Waals surface area contributed by atoms with Crippen LogP contribution in [0.1, 0.15) is 136 Å². The Morgan fingerprint density at radius 1 is 0.967 bits per heavy atom. The standard InChI is InChI=1S/C47H62N6O7S/c1-7-31-24-45(31,42(58)52-61(59,60)37-16-11-15-30-17-20-50-39(30)37)26-36(55)34-25-47(44(5,6)46(47)18-12-19-46)28-53(34)41(57)32(43(2,3)4)23-35(54)38(29-13-9-8-10-14-29)51-40(56)33-27-48-21-22-49-33/h11,15-17,20-22,27,29,31-32,34,38,50H,7-10,12-14,18-19,23-26,28H2,1-6H3,(H,51,56)(H,52,58)/t31-,32-,34+,38+,45-,47-/m1/s1. The molecule has 0 unspecified atom stereocenters. The number of amides is 3. The van der Waals surface area contributed by atoms with Gasteiger partial charge >= 0.3 is 0 Å². The van der Waals surface area contributed by atoms with Crippen molar-refractivity contribution in [3.63, 3.8) is 0 Å². The summed E-state index contributed by atoms with van der Waals surface area (Å²) in [6.45, 7) is 12.6. The Hall–Kier alpha value is -4.46. The molecule has 3 amide bonds. The second-order valence-corrected chi connectivity index (χ2v) is 22.2. The van der Waals surface area contributed by atoms with Crippen molar-refractivity contribution in [3.8, 4) is 0 Å². The van der Waals surface area contributed by atoms with Gasteiger partial charge in [-0.1, -0.05) is 85.8 Å². The van der Waals surface area contributed by atoms with Crippen LogP contribution >= 0.6 is 0 Å². The van der Waals surface area contributed by atoms with Gasteiger partial charge in [-0.2, -0.15) is 0 Å². The molecular weight excluding hydrogens is 793 g/mol. The highest BCUT2D eigenvalue weighted by molar-refractivity contribution is 7.90. The summed E-state index contributed by atoms with van der Waals surface area (Å²) in [5, 5.41) is 3.68. The zero-order valence-corrected chi connectivity index (χ0v) is 37.3. The number of para-hydroxylation sites is 1. The maximum atomic E-state index is 15.3. The average molecular weight is 855 g/mol. The first kappa shape index (κ1) is 43.2. The van der Waals surface area contributed by atoms with E-state index >= 15 is 9.59 Å². The number of ketones is 2. The van der Waals surface area contributed by atoms with E-state index in [4.69, 9.17) is 0 Å². The zero-order valence-electron chi connectivity index (χ0n) is 36.5. The lowest BCUT2D eigenvalue weighted by molar-refractivity contribution is -0.146. The summed E-state index contributed by atoms with van der Waals surface area (Å²) in [6.07, 6.45) is 14.7. The van der Waals surface area contributed by atoms with Crippen LogP contribution in [0.3, 0.4) is 0 Å². The second kappa shape index (κ2) is 15.4. The van der Waals surface area contributed by atoms with Gasteiger partial charge in [0.2, 0.25) is 11.8 Å². The van der Waals surface area contributed by atoms with Crippen LogP contribution in [0.25, 0.3) is 10.9 Å². The maximum Gasteiger partial charge on any atom is 0.272 e. The molecule has 0 bridgehead atoms. The van der Waals surface area contributed by atoms with Crippen LogP contribution in [-0.2, 0) is 29.2 Å². The number of carbonyl (C=O) groups excluding carboxylic acids is 5. The lowest BCUT2D eigenvalue weighted by Crippen LogP contribution is -2.51. The topological polar surface area (TPSA) is 188 Å². The fraction of sp³-hybridized carbons (Fsp3) is 0.638. The van der Waals surface area contributed by atoms with Crippen molar-refractivity contribution in [2.24, 2.45) is 44.8 Å². The molecule has 14 heteroatoms. The Morgan fingerprint density at radius 3 is 2.31 bits per heavy atom. The summed E-state index contributed by atoms with van der Waals surface area (Å²) in [4.78, 5) is 85.5. The van der Waals surface area contributed by atoms with Crippen molar-refractivity contribution in [1.29, 1.82) is 0 Å². The summed E-state index contributed by atoms with van der Waals surface area (Å²) in [5.74, 6) is -2.98. The number of nitrogens with one attached hydrogen (secondary N) is 3. The zero-order chi connectivity index (χ0) is 43.8. The highest BCUT2D eigenvalue weighted by Crippen LogP contribution is 2.88. The van der Waals surface area contributed by atoms with Crippen LogP contribution in [0.15, 0.2) is 53.9 Å². The number of hydrogen-bond donors (Lipinski definition) is 3. The number of fused-ring (bicyclic) bond motifs is 2. The predicted molar refractivity (Wildman–Crippen MR) is 229 cm³/mol. The highest BCUT2D eigenvalue weighted by atomic mass is 32.2. The third-order valence-electron chi connectivity index (χ3n) is 16.5. The molecule has 8 rings (SSSR count).